The van der Waals surface area contributed by atoms with E-state index in [-0.39, 0.29) is 0 Å². The van der Waals surface area contributed by atoms with Crippen LogP contribution in [0.15, 0.2) is 23.1 Å². The van der Waals surface area contributed by atoms with Gasteiger partial charge in [0.15, 0.2) is 0 Å². The highest BCUT2D eigenvalue weighted by Crippen LogP contribution is 2.33. The third-order valence-corrected chi connectivity index (χ3v) is 4.91. The van der Waals surface area contributed by atoms with Gasteiger partial charge in [-0.25, -0.2) is 0 Å². The van der Waals surface area contributed by atoms with Crippen LogP contribution in [-0.4, -0.2) is 11.3 Å². The zero-order valence-corrected chi connectivity index (χ0v) is 13.5. The molecule has 0 aliphatic heterocycles. The van der Waals surface area contributed by atoms with Crippen LogP contribution in [0.2, 0.25) is 5.02 Å². The van der Waals surface area contributed by atoms with Gasteiger partial charge in [-0.3, -0.25) is 0 Å². The van der Waals surface area contributed by atoms with Crippen LogP contribution in [0.3, 0.4) is 0 Å². The van der Waals surface area contributed by atoms with E-state index in [1.165, 1.54) is 10.5 Å². The van der Waals surface area contributed by atoms with Crippen molar-refractivity contribution in [3.63, 3.8) is 0 Å². The Hall–Kier alpha value is -0.180. The Labute approximate surface area is 121 Å². The molecule has 0 radical (unpaired) electrons. The molecule has 3 heteroatoms. The Balaban J connectivity index is 2.67. The quantitative estimate of drug-likeness (QED) is 0.740. The number of halogens is 1. The van der Waals surface area contributed by atoms with Crippen molar-refractivity contribution in [3.8, 4) is 0 Å². The summed E-state index contributed by atoms with van der Waals surface area (Å²) in [6.07, 6.45) is 0. The molecule has 102 valence electrons. The molecule has 0 aliphatic rings. The number of nitrogens with one attached hydrogen (secondary N) is 1. The van der Waals surface area contributed by atoms with Gasteiger partial charge in [-0.2, -0.15) is 0 Å². The zero-order chi connectivity index (χ0) is 13.7. The standard InChI is InChI=1S/C15H24ClNS/c1-10(2)12(5)18-15-7-6-13(8-14(15)16)9-17-11(3)4/h6-8,10-12,17H,9H2,1-5H3. The summed E-state index contributed by atoms with van der Waals surface area (Å²) in [5, 5.41) is 4.86. The van der Waals surface area contributed by atoms with Crippen molar-refractivity contribution in [1.82, 2.24) is 5.32 Å². The van der Waals surface area contributed by atoms with Gasteiger partial charge in [0, 0.05) is 22.7 Å². The van der Waals surface area contributed by atoms with Crippen LogP contribution in [0.25, 0.3) is 0 Å². The molecule has 0 heterocycles. The molecule has 0 bridgehead atoms. The molecule has 1 N–H and O–H groups in total. The predicted molar refractivity (Wildman–Crippen MR) is 83.6 cm³/mol. The van der Waals surface area contributed by atoms with Crippen molar-refractivity contribution < 1.29 is 0 Å². The van der Waals surface area contributed by atoms with E-state index < -0.39 is 0 Å². The smallest absolute Gasteiger partial charge is 0.0545 e. The molecular weight excluding hydrogens is 262 g/mol. The summed E-state index contributed by atoms with van der Waals surface area (Å²) in [6, 6.07) is 6.88. The summed E-state index contributed by atoms with van der Waals surface area (Å²) in [4.78, 5) is 1.19. The lowest BCUT2D eigenvalue weighted by Gasteiger charge is -2.16. The van der Waals surface area contributed by atoms with E-state index >= 15 is 0 Å². The first-order chi connectivity index (χ1) is 8.40. The maximum absolute atomic E-state index is 6.34. The van der Waals surface area contributed by atoms with Crippen LogP contribution in [0.5, 0.6) is 0 Å². The van der Waals surface area contributed by atoms with Crippen molar-refractivity contribution >= 4 is 23.4 Å². The number of hydrogen-bond acceptors (Lipinski definition) is 2. The predicted octanol–water partition coefficient (Wildman–Crippen LogP) is 4.97. The summed E-state index contributed by atoms with van der Waals surface area (Å²) in [5.41, 5.74) is 1.25. The number of thioether (sulfide) groups is 1. The minimum absolute atomic E-state index is 0.499. The summed E-state index contributed by atoms with van der Waals surface area (Å²) in [6.45, 7) is 11.9. The van der Waals surface area contributed by atoms with Gasteiger partial charge in [-0.05, 0) is 23.6 Å². The highest BCUT2D eigenvalue weighted by atomic mass is 35.5. The Morgan fingerprint density at radius 3 is 2.33 bits per heavy atom. The molecule has 1 rings (SSSR count). The monoisotopic (exact) mass is 285 g/mol. The minimum atomic E-state index is 0.499. The molecule has 18 heavy (non-hydrogen) atoms. The van der Waals surface area contributed by atoms with E-state index in [0.29, 0.717) is 17.2 Å². The second kappa shape index (κ2) is 7.42. The molecule has 1 unspecified atom stereocenters. The van der Waals surface area contributed by atoms with Gasteiger partial charge in [0.05, 0.1) is 5.02 Å². The van der Waals surface area contributed by atoms with E-state index in [2.05, 4.69) is 58.1 Å². The van der Waals surface area contributed by atoms with E-state index in [9.17, 15) is 0 Å². The fraction of sp³-hybridized carbons (Fsp3) is 0.600. The SMILES string of the molecule is CC(C)NCc1ccc(SC(C)C(C)C)c(Cl)c1. The topological polar surface area (TPSA) is 12.0 Å². The van der Waals surface area contributed by atoms with E-state index in [1.54, 1.807) is 0 Å². The normalized spacial score (nSPS) is 13.3. The van der Waals surface area contributed by atoms with E-state index in [0.717, 1.165) is 11.6 Å². The third-order valence-electron chi connectivity index (χ3n) is 2.96. The van der Waals surface area contributed by atoms with Gasteiger partial charge < -0.3 is 5.32 Å². The molecule has 1 aromatic rings. The first-order valence-corrected chi connectivity index (χ1v) is 7.84. The molecule has 1 atom stereocenters. The molecular formula is C15H24ClNS. The Bertz CT molecular complexity index is 377. The second-order valence-corrected chi connectivity index (χ2v) is 7.19. The largest absolute Gasteiger partial charge is 0.310 e. The number of hydrogen-bond donors (Lipinski definition) is 1. The van der Waals surface area contributed by atoms with Crippen LogP contribution in [-0.2, 0) is 6.54 Å². The van der Waals surface area contributed by atoms with Crippen LogP contribution >= 0.6 is 23.4 Å². The third kappa shape index (κ3) is 5.21. The Morgan fingerprint density at radius 1 is 1.17 bits per heavy atom. The van der Waals surface area contributed by atoms with E-state index in [4.69, 9.17) is 11.6 Å². The van der Waals surface area contributed by atoms with E-state index in [1.807, 2.05) is 11.8 Å². The molecule has 0 aliphatic carbocycles. The van der Waals surface area contributed by atoms with Crippen LogP contribution in [0.4, 0.5) is 0 Å². The van der Waals surface area contributed by atoms with Crippen molar-refractivity contribution in [2.45, 2.75) is 57.4 Å². The molecule has 0 fully saturated rings. The average Bonchev–Trinajstić information content (AvgIpc) is 2.29. The van der Waals surface area contributed by atoms with Gasteiger partial charge in [0.2, 0.25) is 0 Å². The van der Waals surface area contributed by atoms with Gasteiger partial charge in [0.25, 0.3) is 0 Å². The molecule has 1 aromatic carbocycles. The van der Waals surface area contributed by atoms with Crippen molar-refractivity contribution in [1.29, 1.82) is 0 Å². The van der Waals surface area contributed by atoms with Crippen molar-refractivity contribution in [2.24, 2.45) is 5.92 Å². The van der Waals surface area contributed by atoms with Gasteiger partial charge in [-0.15, -0.1) is 11.8 Å². The molecule has 1 nitrogen and oxygen atoms in total. The molecule has 0 aromatic heterocycles. The minimum Gasteiger partial charge on any atom is -0.310 e. The summed E-state index contributed by atoms with van der Waals surface area (Å²) < 4.78 is 0. The molecule has 0 saturated carbocycles. The van der Waals surface area contributed by atoms with Crippen LogP contribution < -0.4 is 5.32 Å². The van der Waals surface area contributed by atoms with Crippen LogP contribution in [0.1, 0.15) is 40.2 Å². The van der Waals surface area contributed by atoms with Crippen molar-refractivity contribution in [3.05, 3.63) is 28.8 Å². The molecule has 0 spiro atoms. The van der Waals surface area contributed by atoms with Gasteiger partial charge >= 0.3 is 0 Å². The Morgan fingerprint density at radius 2 is 1.83 bits per heavy atom. The fourth-order valence-electron chi connectivity index (χ4n) is 1.41. The van der Waals surface area contributed by atoms with Gasteiger partial charge in [-0.1, -0.05) is 52.3 Å². The first kappa shape index (κ1) is 15.9. The highest BCUT2D eigenvalue weighted by molar-refractivity contribution is 8.00. The zero-order valence-electron chi connectivity index (χ0n) is 12.0. The van der Waals surface area contributed by atoms with Crippen molar-refractivity contribution in [2.75, 3.05) is 0 Å². The average molecular weight is 286 g/mol. The summed E-state index contributed by atoms with van der Waals surface area (Å²) in [7, 11) is 0. The molecule has 0 amide bonds. The maximum atomic E-state index is 6.34. The lowest BCUT2D eigenvalue weighted by atomic mass is 10.2. The Kier molecular flexibility index (Phi) is 6.54. The summed E-state index contributed by atoms with van der Waals surface area (Å²) in [5.74, 6) is 0.661. The number of benzene rings is 1. The highest BCUT2D eigenvalue weighted by Gasteiger charge is 2.11. The second-order valence-electron chi connectivity index (χ2n) is 5.37. The maximum Gasteiger partial charge on any atom is 0.0545 e. The lowest BCUT2D eigenvalue weighted by molar-refractivity contribution is 0.588. The number of rotatable bonds is 6. The van der Waals surface area contributed by atoms with Crippen LogP contribution in [0, 0.1) is 5.92 Å². The lowest BCUT2D eigenvalue weighted by Crippen LogP contribution is -2.21. The fourth-order valence-corrected chi connectivity index (χ4v) is 2.74. The molecule has 0 saturated heterocycles. The first-order valence-electron chi connectivity index (χ1n) is 6.58. The summed E-state index contributed by atoms with van der Waals surface area (Å²) >= 11 is 8.20. The van der Waals surface area contributed by atoms with Gasteiger partial charge in [0.1, 0.15) is 0 Å².